The van der Waals surface area contributed by atoms with E-state index in [9.17, 15) is 9.18 Å². The van der Waals surface area contributed by atoms with Crippen molar-refractivity contribution in [1.29, 1.82) is 0 Å². The molecule has 1 aliphatic rings. The van der Waals surface area contributed by atoms with E-state index in [4.69, 9.17) is 9.47 Å². The molecule has 0 bridgehead atoms. The number of hydrogen-bond donors (Lipinski definition) is 0. The van der Waals surface area contributed by atoms with Crippen molar-refractivity contribution in [2.45, 2.75) is 45.3 Å². The lowest BCUT2D eigenvalue weighted by Gasteiger charge is -2.33. The van der Waals surface area contributed by atoms with Gasteiger partial charge in [0.15, 0.2) is 0 Å². The van der Waals surface area contributed by atoms with E-state index < -0.39 is 11.5 Å². The van der Waals surface area contributed by atoms with E-state index in [-0.39, 0.29) is 12.2 Å². The number of ether oxygens (including phenoxy) is 2. The maximum Gasteiger partial charge on any atom is 0.410 e. The zero-order valence-electron chi connectivity index (χ0n) is 12.6. The number of carbonyl (C=O) groups is 1. The molecule has 1 fully saturated rings. The van der Waals surface area contributed by atoms with Crippen LogP contribution in [0, 0.1) is 5.95 Å². The molecule has 1 amide bonds. The molecule has 0 saturated carbocycles. The van der Waals surface area contributed by atoms with Crippen molar-refractivity contribution < 1.29 is 18.7 Å². The first-order chi connectivity index (χ1) is 9.83. The van der Waals surface area contributed by atoms with Gasteiger partial charge in [0.05, 0.1) is 6.20 Å². The van der Waals surface area contributed by atoms with Crippen molar-refractivity contribution in [3.63, 3.8) is 0 Å². The average Bonchev–Trinajstić information content (AvgIpc) is 2.40. The summed E-state index contributed by atoms with van der Waals surface area (Å²) in [5, 5.41) is 0. The van der Waals surface area contributed by atoms with Crippen molar-refractivity contribution in [3.05, 3.63) is 24.3 Å². The van der Waals surface area contributed by atoms with Crippen LogP contribution in [0.5, 0.6) is 5.75 Å². The van der Waals surface area contributed by atoms with Crippen molar-refractivity contribution in [1.82, 2.24) is 9.88 Å². The molecular formula is C15H21FN2O3. The van der Waals surface area contributed by atoms with Crippen LogP contribution in [-0.4, -0.2) is 40.8 Å². The van der Waals surface area contributed by atoms with E-state index in [0.717, 1.165) is 12.8 Å². The molecule has 0 N–H and O–H groups in total. The maximum absolute atomic E-state index is 12.7. The van der Waals surface area contributed by atoms with Gasteiger partial charge in [0, 0.05) is 25.9 Å². The number of aromatic nitrogens is 1. The first-order valence-corrected chi connectivity index (χ1v) is 7.09. The Hall–Kier alpha value is -1.85. The van der Waals surface area contributed by atoms with Gasteiger partial charge < -0.3 is 14.4 Å². The number of halogens is 1. The summed E-state index contributed by atoms with van der Waals surface area (Å²) in [5.74, 6) is 0.0224. The van der Waals surface area contributed by atoms with Gasteiger partial charge in [-0.3, -0.25) is 0 Å². The summed E-state index contributed by atoms with van der Waals surface area (Å²) in [6.45, 7) is 6.73. The van der Waals surface area contributed by atoms with E-state index in [2.05, 4.69) is 4.98 Å². The lowest BCUT2D eigenvalue weighted by atomic mass is 10.1. The van der Waals surface area contributed by atoms with Crippen LogP contribution >= 0.6 is 0 Å². The maximum atomic E-state index is 12.7. The molecule has 1 aromatic rings. The van der Waals surface area contributed by atoms with Crippen LogP contribution in [0.2, 0.25) is 0 Å². The summed E-state index contributed by atoms with van der Waals surface area (Å²) in [6.07, 6.45) is 2.53. The van der Waals surface area contributed by atoms with E-state index >= 15 is 0 Å². The van der Waals surface area contributed by atoms with E-state index in [1.54, 1.807) is 11.0 Å². The van der Waals surface area contributed by atoms with Gasteiger partial charge in [0.1, 0.15) is 17.5 Å². The second-order valence-corrected chi connectivity index (χ2v) is 6.10. The Bertz CT molecular complexity index is 477. The molecule has 2 rings (SSSR count). The standard InChI is InChI=1S/C15H21FN2O3/c1-15(2,3)21-14(19)18-8-6-11(7-9-18)20-12-4-5-13(16)17-10-12/h4-5,10-11H,6-9H2,1-3H3. The smallest absolute Gasteiger partial charge is 0.410 e. The fourth-order valence-electron chi connectivity index (χ4n) is 2.11. The monoisotopic (exact) mass is 296 g/mol. The first-order valence-electron chi connectivity index (χ1n) is 7.09. The molecule has 1 aromatic heterocycles. The molecule has 0 radical (unpaired) electrons. The lowest BCUT2D eigenvalue weighted by Crippen LogP contribution is -2.44. The Morgan fingerprint density at radius 2 is 2.00 bits per heavy atom. The molecule has 0 atom stereocenters. The van der Waals surface area contributed by atoms with Crippen molar-refractivity contribution in [3.8, 4) is 5.75 Å². The second-order valence-electron chi connectivity index (χ2n) is 6.10. The summed E-state index contributed by atoms with van der Waals surface area (Å²) in [7, 11) is 0. The normalized spacial score (nSPS) is 16.7. The topological polar surface area (TPSA) is 51.7 Å². The van der Waals surface area contributed by atoms with Gasteiger partial charge >= 0.3 is 6.09 Å². The Labute approximate surface area is 124 Å². The van der Waals surface area contributed by atoms with Crippen LogP contribution in [0.25, 0.3) is 0 Å². The number of amides is 1. The number of hydrogen-bond acceptors (Lipinski definition) is 4. The molecule has 5 nitrogen and oxygen atoms in total. The number of piperidine rings is 1. The molecule has 0 unspecified atom stereocenters. The Morgan fingerprint density at radius 1 is 1.33 bits per heavy atom. The molecule has 1 aliphatic heterocycles. The number of carbonyl (C=O) groups excluding carboxylic acids is 1. The van der Waals surface area contributed by atoms with Crippen molar-refractivity contribution >= 4 is 6.09 Å². The van der Waals surface area contributed by atoms with Gasteiger partial charge in [-0.2, -0.15) is 4.39 Å². The SMILES string of the molecule is CC(C)(C)OC(=O)N1CCC(Oc2ccc(F)nc2)CC1. The van der Waals surface area contributed by atoms with Crippen molar-refractivity contribution in [2.75, 3.05) is 13.1 Å². The van der Waals surface area contributed by atoms with Gasteiger partial charge in [-0.25, -0.2) is 9.78 Å². The fraction of sp³-hybridized carbons (Fsp3) is 0.600. The fourth-order valence-corrected chi connectivity index (χ4v) is 2.11. The average molecular weight is 296 g/mol. The quantitative estimate of drug-likeness (QED) is 0.787. The van der Waals surface area contributed by atoms with Crippen LogP contribution in [0.4, 0.5) is 9.18 Å². The number of rotatable bonds is 2. The number of nitrogens with zero attached hydrogens (tertiary/aromatic N) is 2. The third-order valence-corrected chi connectivity index (χ3v) is 3.10. The Kier molecular flexibility index (Phi) is 4.65. The first kappa shape index (κ1) is 15.5. The van der Waals surface area contributed by atoms with Crippen LogP contribution in [0.15, 0.2) is 18.3 Å². The van der Waals surface area contributed by atoms with Crippen LogP contribution in [0.3, 0.4) is 0 Å². The summed E-state index contributed by atoms with van der Waals surface area (Å²) in [5.41, 5.74) is -0.482. The molecule has 2 heterocycles. The highest BCUT2D eigenvalue weighted by molar-refractivity contribution is 5.68. The molecule has 6 heteroatoms. The van der Waals surface area contributed by atoms with Gasteiger partial charge in [-0.05, 0) is 32.9 Å². The molecular weight excluding hydrogens is 275 g/mol. The number of pyridine rings is 1. The van der Waals surface area contributed by atoms with E-state index in [0.29, 0.717) is 18.8 Å². The van der Waals surface area contributed by atoms with Gasteiger partial charge in [-0.15, -0.1) is 0 Å². The highest BCUT2D eigenvalue weighted by Crippen LogP contribution is 2.20. The van der Waals surface area contributed by atoms with Crippen molar-refractivity contribution in [2.24, 2.45) is 0 Å². The summed E-state index contributed by atoms with van der Waals surface area (Å²) < 4.78 is 23.8. The molecule has 0 aliphatic carbocycles. The number of likely N-dealkylation sites (tertiary alicyclic amines) is 1. The summed E-state index contributed by atoms with van der Waals surface area (Å²) in [4.78, 5) is 17.2. The largest absolute Gasteiger partial charge is 0.489 e. The Morgan fingerprint density at radius 3 is 2.52 bits per heavy atom. The lowest BCUT2D eigenvalue weighted by molar-refractivity contribution is 0.0126. The summed E-state index contributed by atoms with van der Waals surface area (Å²) >= 11 is 0. The molecule has 116 valence electrons. The van der Waals surface area contributed by atoms with E-state index in [1.165, 1.54) is 12.3 Å². The zero-order valence-corrected chi connectivity index (χ0v) is 12.6. The second kappa shape index (κ2) is 6.28. The summed E-state index contributed by atoms with van der Waals surface area (Å²) in [6, 6.07) is 2.83. The zero-order chi connectivity index (χ0) is 15.5. The molecule has 21 heavy (non-hydrogen) atoms. The molecule has 1 saturated heterocycles. The molecule has 0 aromatic carbocycles. The van der Waals surface area contributed by atoms with E-state index in [1.807, 2.05) is 20.8 Å². The Balaban J connectivity index is 1.80. The predicted octanol–water partition coefficient (Wildman–Crippen LogP) is 3.00. The highest BCUT2D eigenvalue weighted by atomic mass is 19.1. The van der Waals surface area contributed by atoms with Crippen LogP contribution < -0.4 is 4.74 Å². The predicted molar refractivity (Wildman–Crippen MR) is 75.7 cm³/mol. The van der Waals surface area contributed by atoms with Gasteiger partial charge in [0.2, 0.25) is 5.95 Å². The van der Waals surface area contributed by atoms with Gasteiger partial charge in [-0.1, -0.05) is 0 Å². The van der Waals surface area contributed by atoms with Gasteiger partial charge in [0.25, 0.3) is 0 Å². The third kappa shape index (κ3) is 4.88. The van der Waals surface area contributed by atoms with Crippen LogP contribution in [0.1, 0.15) is 33.6 Å². The molecule has 0 spiro atoms. The minimum Gasteiger partial charge on any atom is -0.489 e. The third-order valence-electron chi connectivity index (χ3n) is 3.10. The minimum atomic E-state index is -0.526. The highest BCUT2D eigenvalue weighted by Gasteiger charge is 2.27. The van der Waals surface area contributed by atoms with Crippen LogP contribution in [-0.2, 0) is 4.74 Å². The minimum absolute atomic E-state index is 0.0101.